The molecule has 6 heteroatoms. The quantitative estimate of drug-likeness (QED) is 0.433. The van der Waals surface area contributed by atoms with Crippen LogP contribution in [0.25, 0.3) is 11.0 Å². The summed E-state index contributed by atoms with van der Waals surface area (Å²) in [5, 5.41) is 0.709. The number of hydrogen-bond acceptors (Lipinski definition) is 5. The second-order valence-electron chi connectivity index (χ2n) is 7.95. The van der Waals surface area contributed by atoms with Gasteiger partial charge in [0.1, 0.15) is 11.1 Å². The van der Waals surface area contributed by atoms with Gasteiger partial charge in [-0.3, -0.25) is 4.79 Å². The number of ether oxygens (including phenoxy) is 2. The lowest BCUT2D eigenvalue weighted by molar-refractivity contribution is 0.0690. The third-order valence-corrected chi connectivity index (χ3v) is 6.12. The maximum Gasteiger partial charge on any atom is 0.349 e. The van der Waals surface area contributed by atoms with Crippen molar-refractivity contribution >= 4 is 16.9 Å². The summed E-state index contributed by atoms with van der Waals surface area (Å²) < 4.78 is 16.5. The maximum absolute atomic E-state index is 13.7. The summed E-state index contributed by atoms with van der Waals surface area (Å²) in [6, 6.07) is 22.1. The minimum absolute atomic E-state index is 0.0264. The molecule has 0 aliphatic carbocycles. The molecule has 5 rings (SSSR count). The largest absolute Gasteiger partial charge is 0.493 e. The maximum atomic E-state index is 13.7. The molecule has 6 nitrogen and oxygen atoms in total. The van der Waals surface area contributed by atoms with Gasteiger partial charge in [0.15, 0.2) is 11.5 Å². The fourth-order valence-corrected chi connectivity index (χ4v) is 4.53. The highest BCUT2D eigenvalue weighted by atomic mass is 16.5. The molecule has 1 aliphatic rings. The molecule has 0 saturated carbocycles. The normalized spacial score (nSPS) is 15.2. The molecule has 0 saturated heterocycles. The molecular formula is C27H23NO5. The van der Waals surface area contributed by atoms with E-state index in [0.717, 1.165) is 16.7 Å². The van der Waals surface area contributed by atoms with Crippen LogP contribution in [0, 0.1) is 0 Å². The molecule has 166 valence electrons. The standard InChI is InChI=1S/C27H23NO5/c1-31-23-15-18-12-13-28(25(17-8-4-3-5-9-17)20(18)16-24(23)32-2)26(29)21-14-19-10-6-7-11-22(19)33-27(21)30/h3-11,14-16,25H,12-13H2,1-2H3. The highest BCUT2D eigenvalue weighted by Gasteiger charge is 2.35. The first-order valence-electron chi connectivity index (χ1n) is 10.7. The zero-order valence-corrected chi connectivity index (χ0v) is 18.4. The molecule has 1 unspecified atom stereocenters. The predicted molar refractivity (Wildman–Crippen MR) is 125 cm³/mol. The van der Waals surface area contributed by atoms with Crippen molar-refractivity contribution in [2.24, 2.45) is 0 Å². The molecule has 0 N–H and O–H groups in total. The van der Waals surface area contributed by atoms with Gasteiger partial charge >= 0.3 is 5.63 Å². The molecule has 0 spiro atoms. The van der Waals surface area contributed by atoms with Gasteiger partial charge in [0.2, 0.25) is 0 Å². The van der Waals surface area contributed by atoms with Gasteiger partial charge < -0.3 is 18.8 Å². The minimum atomic E-state index is -0.636. The number of carbonyl (C=O) groups excluding carboxylic acids is 1. The van der Waals surface area contributed by atoms with Crippen LogP contribution in [0.5, 0.6) is 11.5 Å². The molecule has 0 bridgehead atoms. The predicted octanol–water partition coefficient (Wildman–Crippen LogP) is 4.60. The van der Waals surface area contributed by atoms with E-state index in [1.807, 2.05) is 54.6 Å². The van der Waals surface area contributed by atoms with Crippen molar-refractivity contribution in [2.75, 3.05) is 20.8 Å². The Morgan fingerprint density at radius 2 is 1.64 bits per heavy atom. The van der Waals surface area contributed by atoms with E-state index in [2.05, 4.69) is 0 Å². The van der Waals surface area contributed by atoms with Crippen molar-refractivity contribution in [2.45, 2.75) is 12.5 Å². The van der Waals surface area contributed by atoms with Crippen molar-refractivity contribution in [1.29, 1.82) is 0 Å². The average molecular weight is 441 g/mol. The van der Waals surface area contributed by atoms with Crippen molar-refractivity contribution < 1.29 is 18.7 Å². The fraction of sp³-hybridized carbons (Fsp3) is 0.185. The first-order valence-corrected chi connectivity index (χ1v) is 10.7. The lowest BCUT2D eigenvalue weighted by Crippen LogP contribution is -2.42. The van der Waals surface area contributed by atoms with Gasteiger partial charge in [-0.1, -0.05) is 48.5 Å². The van der Waals surface area contributed by atoms with Crippen LogP contribution in [-0.2, 0) is 6.42 Å². The molecule has 1 atom stereocenters. The summed E-state index contributed by atoms with van der Waals surface area (Å²) in [4.78, 5) is 28.2. The number of hydrogen-bond donors (Lipinski definition) is 0. The van der Waals surface area contributed by atoms with Gasteiger partial charge in [0.25, 0.3) is 5.91 Å². The van der Waals surface area contributed by atoms with Crippen LogP contribution >= 0.6 is 0 Å². The number of methoxy groups -OCH3 is 2. The molecule has 4 aromatic rings. The van der Waals surface area contributed by atoms with E-state index < -0.39 is 5.63 Å². The first kappa shape index (κ1) is 20.8. The topological polar surface area (TPSA) is 69.0 Å². The van der Waals surface area contributed by atoms with Crippen molar-refractivity contribution in [3.63, 3.8) is 0 Å². The van der Waals surface area contributed by atoms with Gasteiger partial charge in [-0.25, -0.2) is 4.79 Å². The number of amides is 1. The second kappa shape index (κ2) is 8.47. The molecule has 0 radical (unpaired) electrons. The Balaban J connectivity index is 1.65. The number of carbonyl (C=O) groups is 1. The molecule has 1 aromatic heterocycles. The summed E-state index contributed by atoms with van der Waals surface area (Å²) >= 11 is 0. The number of para-hydroxylation sites is 1. The molecule has 2 heterocycles. The SMILES string of the molecule is COc1cc2c(cc1OC)C(c1ccccc1)N(C(=O)c1cc3ccccc3oc1=O)CC2. The van der Waals surface area contributed by atoms with E-state index in [0.29, 0.717) is 35.4 Å². The number of rotatable bonds is 4. The van der Waals surface area contributed by atoms with Crippen molar-refractivity contribution in [1.82, 2.24) is 4.90 Å². The lowest BCUT2D eigenvalue weighted by Gasteiger charge is -2.38. The highest BCUT2D eigenvalue weighted by molar-refractivity contribution is 5.97. The fourth-order valence-electron chi connectivity index (χ4n) is 4.53. The zero-order chi connectivity index (χ0) is 22.9. The van der Waals surface area contributed by atoms with E-state index in [1.165, 1.54) is 0 Å². The van der Waals surface area contributed by atoms with E-state index in [4.69, 9.17) is 13.9 Å². The zero-order valence-electron chi connectivity index (χ0n) is 18.4. The molecule has 0 fully saturated rings. The van der Waals surface area contributed by atoms with Crippen molar-refractivity contribution in [3.8, 4) is 11.5 Å². The van der Waals surface area contributed by atoms with Crippen molar-refractivity contribution in [3.05, 3.63) is 105 Å². The molecule has 1 amide bonds. The van der Waals surface area contributed by atoms with Crippen LogP contribution in [0.2, 0.25) is 0 Å². The van der Waals surface area contributed by atoms with Crippen LogP contribution in [0.3, 0.4) is 0 Å². The van der Waals surface area contributed by atoms with Crippen LogP contribution < -0.4 is 15.1 Å². The smallest absolute Gasteiger partial charge is 0.349 e. The second-order valence-corrected chi connectivity index (χ2v) is 7.95. The van der Waals surface area contributed by atoms with Gasteiger partial charge in [-0.05, 0) is 47.4 Å². The summed E-state index contributed by atoms with van der Waals surface area (Å²) in [7, 11) is 3.20. The van der Waals surface area contributed by atoms with E-state index in [-0.39, 0.29) is 17.5 Å². The van der Waals surface area contributed by atoms with E-state index >= 15 is 0 Å². The highest BCUT2D eigenvalue weighted by Crippen LogP contribution is 2.41. The summed E-state index contributed by atoms with van der Waals surface area (Å²) in [6.45, 7) is 0.452. The first-order chi connectivity index (χ1) is 16.1. The monoisotopic (exact) mass is 441 g/mol. The Kier molecular flexibility index (Phi) is 5.34. The average Bonchev–Trinajstić information content (AvgIpc) is 2.86. The van der Waals surface area contributed by atoms with Gasteiger partial charge in [0.05, 0.1) is 20.3 Å². The Hall–Kier alpha value is -4.06. The molecular weight excluding hydrogens is 418 g/mol. The Labute approximate surface area is 191 Å². The Morgan fingerprint density at radius 1 is 0.939 bits per heavy atom. The molecule has 3 aromatic carbocycles. The lowest BCUT2D eigenvalue weighted by atomic mass is 9.87. The third kappa shape index (κ3) is 3.63. The third-order valence-electron chi connectivity index (χ3n) is 6.12. The Bertz CT molecular complexity index is 1390. The van der Waals surface area contributed by atoms with Gasteiger partial charge in [-0.2, -0.15) is 0 Å². The van der Waals surface area contributed by atoms with E-state index in [1.54, 1.807) is 37.3 Å². The molecule has 33 heavy (non-hydrogen) atoms. The number of nitrogens with zero attached hydrogens (tertiary/aromatic N) is 1. The Morgan fingerprint density at radius 3 is 2.39 bits per heavy atom. The summed E-state index contributed by atoms with van der Waals surface area (Å²) in [5.41, 5.74) is 2.82. The van der Waals surface area contributed by atoms with E-state index in [9.17, 15) is 9.59 Å². The van der Waals surface area contributed by atoms with Gasteiger partial charge in [0, 0.05) is 11.9 Å². The van der Waals surface area contributed by atoms with Gasteiger partial charge in [-0.15, -0.1) is 0 Å². The molecule has 1 aliphatic heterocycles. The summed E-state index contributed by atoms with van der Waals surface area (Å²) in [6.07, 6.45) is 0.629. The number of fused-ring (bicyclic) bond motifs is 2. The van der Waals surface area contributed by atoms with Crippen LogP contribution in [0.1, 0.15) is 33.1 Å². The van der Waals surface area contributed by atoms with Crippen LogP contribution in [-0.4, -0.2) is 31.6 Å². The number of benzene rings is 3. The van der Waals surface area contributed by atoms with Crippen LogP contribution in [0.15, 0.2) is 82.0 Å². The van der Waals surface area contributed by atoms with Crippen LogP contribution in [0.4, 0.5) is 0 Å². The summed E-state index contributed by atoms with van der Waals surface area (Å²) in [5.74, 6) is 0.888. The minimum Gasteiger partial charge on any atom is -0.493 e.